The van der Waals surface area contributed by atoms with E-state index < -0.39 is 40.1 Å². The predicted octanol–water partition coefficient (Wildman–Crippen LogP) is 3.42. The molecule has 0 amide bonds. The van der Waals surface area contributed by atoms with Crippen molar-refractivity contribution in [3.63, 3.8) is 0 Å². The molecule has 2 aromatic carbocycles. The number of halogens is 4. The molecule has 2 aromatic rings. The average molecular weight is 492 g/mol. The Morgan fingerprint density at radius 1 is 1.09 bits per heavy atom. The van der Waals surface area contributed by atoms with Gasteiger partial charge in [0.15, 0.2) is 12.4 Å². The van der Waals surface area contributed by atoms with Crippen molar-refractivity contribution in [1.82, 2.24) is 4.31 Å². The smallest absolute Gasteiger partial charge is 0.416 e. The number of sulfonamides is 1. The van der Waals surface area contributed by atoms with E-state index in [1.807, 2.05) is 0 Å². The number of ketones is 1. The van der Waals surface area contributed by atoms with Crippen LogP contribution in [0.4, 0.5) is 13.2 Å². The van der Waals surface area contributed by atoms with Crippen molar-refractivity contribution in [3.8, 4) is 0 Å². The lowest BCUT2D eigenvalue weighted by molar-refractivity contribution is -0.137. The van der Waals surface area contributed by atoms with Crippen molar-refractivity contribution in [2.24, 2.45) is 0 Å². The number of alkyl halides is 3. The summed E-state index contributed by atoms with van der Waals surface area (Å²) in [5.41, 5.74) is -1.60. The van der Waals surface area contributed by atoms with E-state index in [1.54, 1.807) is 0 Å². The van der Waals surface area contributed by atoms with Crippen molar-refractivity contribution >= 4 is 33.4 Å². The maximum atomic E-state index is 12.8. The van der Waals surface area contributed by atoms with Crippen molar-refractivity contribution in [1.29, 1.82) is 0 Å². The first-order chi connectivity index (χ1) is 15.0. The summed E-state index contributed by atoms with van der Waals surface area (Å²) in [5.74, 6) is -1.95. The van der Waals surface area contributed by atoms with Gasteiger partial charge in [0.05, 0.1) is 34.3 Å². The van der Waals surface area contributed by atoms with Crippen molar-refractivity contribution < 1.29 is 40.7 Å². The number of benzene rings is 2. The lowest BCUT2D eigenvalue weighted by Gasteiger charge is -2.26. The molecule has 12 heteroatoms. The fourth-order valence-corrected chi connectivity index (χ4v) is 4.55. The molecule has 32 heavy (non-hydrogen) atoms. The maximum Gasteiger partial charge on any atom is 0.416 e. The molecule has 0 unspecified atom stereocenters. The van der Waals surface area contributed by atoms with E-state index in [4.69, 9.17) is 21.1 Å². The Kier molecular flexibility index (Phi) is 7.23. The van der Waals surface area contributed by atoms with Gasteiger partial charge in [-0.3, -0.25) is 4.79 Å². The molecule has 7 nitrogen and oxygen atoms in total. The van der Waals surface area contributed by atoms with Gasteiger partial charge in [-0.25, -0.2) is 13.2 Å². The monoisotopic (exact) mass is 491 g/mol. The molecule has 1 saturated heterocycles. The van der Waals surface area contributed by atoms with Gasteiger partial charge in [-0.05, 0) is 30.3 Å². The number of rotatable bonds is 6. The molecule has 0 bridgehead atoms. The topological polar surface area (TPSA) is 90.0 Å². The number of morpholine rings is 1. The van der Waals surface area contributed by atoms with E-state index in [1.165, 1.54) is 16.4 Å². The molecular formula is C20H17ClF3NO6S. The summed E-state index contributed by atoms with van der Waals surface area (Å²) in [4.78, 5) is 24.4. The molecule has 0 radical (unpaired) electrons. The molecule has 1 fully saturated rings. The Morgan fingerprint density at radius 3 is 2.44 bits per heavy atom. The van der Waals surface area contributed by atoms with E-state index in [2.05, 4.69) is 0 Å². The summed E-state index contributed by atoms with van der Waals surface area (Å²) in [5, 5.41) is -0.109. The molecule has 1 aliphatic rings. The van der Waals surface area contributed by atoms with Crippen LogP contribution in [0.1, 0.15) is 26.3 Å². The summed E-state index contributed by atoms with van der Waals surface area (Å²) in [6.45, 7) is -0.0812. The van der Waals surface area contributed by atoms with Crippen LogP contribution in [0.15, 0.2) is 47.4 Å². The van der Waals surface area contributed by atoms with Gasteiger partial charge in [-0.15, -0.1) is 0 Å². The van der Waals surface area contributed by atoms with E-state index in [-0.39, 0.29) is 47.3 Å². The van der Waals surface area contributed by atoms with Gasteiger partial charge < -0.3 is 9.47 Å². The minimum atomic E-state index is -4.63. The molecule has 0 atom stereocenters. The molecule has 0 saturated carbocycles. The molecular weight excluding hydrogens is 475 g/mol. The summed E-state index contributed by atoms with van der Waals surface area (Å²) in [6.07, 6.45) is -4.63. The zero-order valence-corrected chi connectivity index (χ0v) is 18.0. The van der Waals surface area contributed by atoms with Gasteiger partial charge in [0.2, 0.25) is 10.0 Å². The summed E-state index contributed by atoms with van der Waals surface area (Å²) < 4.78 is 75.2. The molecule has 1 aliphatic heterocycles. The Hall–Kier alpha value is -2.47. The zero-order valence-electron chi connectivity index (χ0n) is 16.4. The average Bonchev–Trinajstić information content (AvgIpc) is 2.77. The van der Waals surface area contributed by atoms with Crippen LogP contribution < -0.4 is 0 Å². The van der Waals surface area contributed by atoms with Crippen LogP contribution in [-0.2, 0) is 25.7 Å². The first-order valence-corrected chi connectivity index (χ1v) is 11.1. The summed E-state index contributed by atoms with van der Waals surface area (Å²) >= 11 is 5.99. The first-order valence-electron chi connectivity index (χ1n) is 9.25. The van der Waals surface area contributed by atoms with Crippen molar-refractivity contribution in [2.45, 2.75) is 11.1 Å². The molecule has 0 N–H and O–H groups in total. The van der Waals surface area contributed by atoms with Crippen LogP contribution in [0.5, 0.6) is 0 Å². The zero-order chi connectivity index (χ0) is 23.5. The molecule has 0 aliphatic carbocycles. The van der Waals surface area contributed by atoms with E-state index in [0.29, 0.717) is 6.07 Å². The minimum Gasteiger partial charge on any atom is -0.454 e. The number of Topliss-reactive ketones (excluding diaryl/α,β-unsaturated/α-hetero) is 1. The second-order valence-electron chi connectivity index (χ2n) is 6.74. The number of carbonyl (C=O) groups is 2. The van der Waals surface area contributed by atoms with Crippen LogP contribution in [0.2, 0.25) is 5.02 Å². The van der Waals surface area contributed by atoms with Gasteiger partial charge >= 0.3 is 12.1 Å². The number of esters is 1. The highest BCUT2D eigenvalue weighted by atomic mass is 35.5. The predicted molar refractivity (Wildman–Crippen MR) is 107 cm³/mol. The summed E-state index contributed by atoms with van der Waals surface area (Å²) in [6, 6.07) is 7.16. The van der Waals surface area contributed by atoms with Crippen LogP contribution in [0.3, 0.4) is 0 Å². The third kappa shape index (κ3) is 5.47. The quantitative estimate of drug-likeness (QED) is 0.454. The molecule has 1 heterocycles. The molecule has 172 valence electrons. The Balaban J connectivity index is 1.74. The molecule has 0 aromatic heterocycles. The highest BCUT2D eigenvalue weighted by Gasteiger charge is 2.31. The summed E-state index contributed by atoms with van der Waals surface area (Å²) in [7, 11) is -3.91. The second kappa shape index (κ2) is 9.57. The number of hydrogen-bond acceptors (Lipinski definition) is 6. The maximum absolute atomic E-state index is 12.8. The molecule has 0 spiro atoms. The van der Waals surface area contributed by atoms with Crippen LogP contribution in [0, 0.1) is 0 Å². The van der Waals surface area contributed by atoms with Gasteiger partial charge in [-0.2, -0.15) is 17.5 Å². The SMILES string of the molecule is O=C(COC(=O)c1cc(S(=O)(=O)N2CCOCC2)ccc1Cl)c1cccc(C(F)(F)F)c1. The van der Waals surface area contributed by atoms with Gasteiger partial charge in [-0.1, -0.05) is 23.7 Å². The Labute approximate surface area is 186 Å². The standard InChI is InChI=1S/C20H17ClF3NO6S/c21-17-5-4-15(32(28,29)25-6-8-30-9-7-25)11-16(17)19(27)31-12-18(26)13-2-1-3-14(10-13)20(22,23)24/h1-5,10-11H,6-9,12H2. The van der Waals surface area contributed by atoms with Gasteiger partial charge in [0.1, 0.15) is 0 Å². The van der Waals surface area contributed by atoms with Crippen molar-refractivity contribution in [2.75, 3.05) is 32.9 Å². The highest BCUT2D eigenvalue weighted by Crippen LogP contribution is 2.30. The molecule has 3 rings (SSSR count). The number of carbonyl (C=O) groups excluding carboxylic acids is 2. The highest BCUT2D eigenvalue weighted by molar-refractivity contribution is 7.89. The third-order valence-corrected chi connectivity index (χ3v) is 6.84. The number of nitrogens with zero attached hydrogens (tertiary/aromatic N) is 1. The normalized spacial score (nSPS) is 15.4. The van der Waals surface area contributed by atoms with Gasteiger partial charge in [0, 0.05) is 18.7 Å². The third-order valence-electron chi connectivity index (χ3n) is 4.61. The lowest BCUT2D eigenvalue weighted by atomic mass is 10.1. The van der Waals surface area contributed by atoms with Crippen LogP contribution >= 0.6 is 11.6 Å². The Morgan fingerprint density at radius 2 is 1.78 bits per heavy atom. The van der Waals surface area contributed by atoms with E-state index in [9.17, 15) is 31.2 Å². The lowest BCUT2D eigenvalue weighted by Crippen LogP contribution is -2.40. The second-order valence-corrected chi connectivity index (χ2v) is 9.08. The van der Waals surface area contributed by atoms with Gasteiger partial charge in [0.25, 0.3) is 0 Å². The number of hydrogen-bond donors (Lipinski definition) is 0. The number of ether oxygens (including phenoxy) is 2. The minimum absolute atomic E-state index is 0.109. The van der Waals surface area contributed by atoms with E-state index in [0.717, 1.165) is 24.3 Å². The largest absolute Gasteiger partial charge is 0.454 e. The fourth-order valence-electron chi connectivity index (χ4n) is 2.92. The van der Waals surface area contributed by atoms with Crippen molar-refractivity contribution in [3.05, 3.63) is 64.2 Å². The Bertz CT molecular complexity index is 1130. The van der Waals surface area contributed by atoms with Crippen LogP contribution in [0.25, 0.3) is 0 Å². The van der Waals surface area contributed by atoms with E-state index >= 15 is 0 Å². The first kappa shape index (κ1) is 24.2. The fraction of sp³-hybridized carbons (Fsp3) is 0.300. The van der Waals surface area contributed by atoms with Crippen LogP contribution in [-0.4, -0.2) is 57.4 Å².